The quantitative estimate of drug-likeness (QED) is 0.664. The second-order valence-electron chi connectivity index (χ2n) is 5.10. The number of ether oxygens (including phenoxy) is 1. The second-order valence-corrected chi connectivity index (χ2v) is 5.10. The van der Waals surface area contributed by atoms with E-state index in [-0.39, 0.29) is 17.8 Å². The van der Waals surface area contributed by atoms with E-state index in [4.69, 9.17) is 4.74 Å². The van der Waals surface area contributed by atoms with Gasteiger partial charge in [-0.15, -0.1) is 0 Å². The van der Waals surface area contributed by atoms with Crippen molar-refractivity contribution in [2.24, 2.45) is 5.92 Å². The Bertz CT molecular complexity index is 514. The van der Waals surface area contributed by atoms with E-state index in [1.807, 2.05) is 24.3 Å². The number of amides is 1. The standard InChI is InChI=1S/C16H20N2O3/c1-12(21-16(20)13-7-3-2-4-8-13)15(19)18-11-14-9-5-6-10-17-14/h2-3,5-6,9-10,12-13H,4,7-8,11H2,1H3,(H,18,19)/t12-,13-/m0/s1. The van der Waals surface area contributed by atoms with Crippen LogP contribution < -0.4 is 5.32 Å². The van der Waals surface area contributed by atoms with Crippen LogP contribution in [0.4, 0.5) is 0 Å². The lowest BCUT2D eigenvalue weighted by molar-refractivity contribution is -0.159. The van der Waals surface area contributed by atoms with Gasteiger partial charge in [-0.25, -0.2) is 0 Å². The lowest BCUT2D eigenvalue weighted by Gasteiger charge is -2.19. The summed E-state index contributed by atoms with van der Waals surface area (Å²) in [7, 11) is 0. The Kier molecular flexibility index (Phi) is 5.49. The van der Waals surface area contributed by atoms with Crippen molar-refractivity contribution in [3.8, 4) is 0 Å². The SMILES string of the molecule is C[C@H](OC(=O)[C@H]1CC=CCC1)C(=O)NCc1ccccn1. The summed E-state index contributed by atoms with van der Waals surface area (Å²) >= 11 is 0. The zero-order valence-electron chi connectivity index (χ0n) is 12.1. The monoisotopic (exact) mass is 288 g/mol. The summed E-state index contributed by atoms with van der Waals surface area (Å²) in [6.45, 7) is 1.91. The average Bonchev–Trinajstić information content (AvgIpc) is 2.54. The Morgan fingerprint density at radius 1 is 1.43 bits per heavy atom. The summed E-state index contributed by atoms with van der Waals surface area (Å²) in [4.78, 5) is 28.0. The maximum atomic E-state index is 11.9. The maximum absolute atomic E-state index is 11.9. The topological polar surface area (TPSA) is 68.3 Å². The number of carbonyl (C=O) groups excluding carboxylic acids is 2. The van der Waals surface area contributed by atoms with Crippen LogP contribution in [0.1, 0.15) is 31.9 Å². The molecule has 0 unspecified atom stereocenters. The van der Waals surface area contributed by atoms with Crippen molar-refractivity contribution in [2.75, 3.05) is 0 Å². The zero-order valence-corrected chi connectivity index (χ0v) is 12.1. The van der Waals surface area contributed by atoms with Gasteiger partial charge in [0.25, 0.3) is 5.91 Å². The number of nitrogens with zero attached hydrogens (tertiary/aromatic N) is 1. The van der Waals surface area contributed by atoms with Crippen molar-refractivity contribution in [2.45, 2.75) is 38.8 Å². The Morgan fingerprint density at radius 2 is 2.29 bits per heavy atom. The van der Waals surface area contributed by atoms with Gasteiger partial charge in [0.2, 0.25) is 0 Å². The maximum Gasteiger partial charge on any atom is 0.310 e. The normalized spacial score (nSPS) is 18.8. The largest absolute Gasteiger partial charge is 0.452 e. The van der Waals surface area contributed by atoms with E-state index < -0.39 is 6.10 Å². The molecular weight excluding hydrogens is 268 g/mol. The van der Waals surface area contributed by atoms with Crippen LogP contribution in [-0.4, -0.2) is 23.0 Å². The van der Waals surface area contributed by atoms with E-state index in [0.29, 0.717) is 13.0 Å². The summed E-state index contributed by atoms with van der Waals surface area (Å²) in [6.07, 6.45) is 7.31. The van der Waals surface area contributed by atoms with Crippen molar-refractivity contribution < 1.29 is 14.3 Å². The Balaban J connectivity index is 1.76. The minimum absolute atomic E-state index is 0.124. The van der Waals surface area contributed by atoms with Crippen LogP contribution in [0.2, 0.25) is 0 Å². The van der Waals surface area contributed by atoms with Crippen molar-refractivity contribution in [3.05, 3.63) is 42.2 Å². The first-order valence-corrected chi connectivity index (χ1v) is 7.20. The molecule has 1 heterocycles. The molecule has 2 rings (SSSR count). The van der Waals surface area contributed by atoms with Crippen LogP contribution >= 0.6 is 0 Å². The number of allylic oxidation sites excluding steroid dienone is 2. The van der Waals surface area contributed by atoms with Gasteiger partial charge < -0.3 is 10.1 Å². The third kappa shape index (κ3) is 4.70. The predicted molar refractivity (Wildman–Crippen MR) is 78.1 cm³/mol. The molecule has 0 aromatic carbocycles. The number of rotatable bonds is 5. The van der Waals surface area contributed by atoms with Gasteiger partial charge in [-0.3, -0.25) is 14.6 Å². The lowest BCUT2D eigenvalue weighted by atomic mass is 9.95. The van der Waals surface area contributed by atoms with Gasteiger partial charge in [0.1, 0.15) is 0 Å². The Morgan fingerprint density at radius 3 is 2.95 bits per heavy atom. The van der Waals surface area contributed by atoms with Crippen LogP contribution in [0.25, 0.3) is 0 Å². The molecule has 112 valence electrons. The first-order chi connectivity index (χ1) is 10.2. The highest BCUT2D eigenvalue weighted by atomic mass is 16.5. The molecule has 0 saturated heterocycles. The van der Waals surface area contributed by atoms with E-state index in [0.717, 1.165) is 18.5 Å². The lowest BCUT2D eigenvalue weighted by Crippen LogP contribution is -2.37. The van der Waals surface area contributed by atoms with Crippen molar-refractivity contribution in [3.63, 3.8) is 0 Å². The molecule has 0 fully saturated rings. The summed E-state index contributed by atoms with van der Waals surface area (Å²) in [5.74, 6) is -0.721. The number of esters is 1. The third-order valence-corrected chi connectivity index (χ3v) is 3.43. The first-order valence-electron chi connectivity index (χ1n) is 7.20. The molecule has 2 atom stereocenters. The molecular formula is C16H20N2O3. The van der Waals surface area contributed by atoms with Crippen LogP contribution in [0.15, 0.2) is 36.5 Å². The number of nitrogens with one attached hydrogen (secondary N) is 1. The fourth-order valence-corrected chi connectivity index (χ4v) is 2.16. The molecule has 1 aliphatic rings. The van der Waals surface area contributed by atoms with Crippen LogP contribution in [0.5, 0.6) is 0 Å². The van der Waals surface area contributed by atoms with Gasteiger partial charge in [0, 0.05) is 6.20 Å². The first kappa shape index (κ1) is 15.2. The molecule has 1 amide bonds. The van der Waals surface area contributed by atoms with E-state index in [9.17, 15) is 9.59 Å². The number of pyridine rings is 1. The summed E-state index contributed by atoms with van der Waals surface area (Å²) in [5.41, 5.74) is 0.766. The highest BCUT2D eigenvalue weighted by Crippen LogP contribution is 2.20. The van der Waals surface area contributed by atoms with Crippen molar-refractivity contribution >= 4 is 11.9 Å². The van der Waals surface area contributed by atoms with E-state index in [2.05, 4.69) is 16.4 Å². The predicted octanol–water partition coefficient (Wildman–Crippen LogP) is 1.99. The number of hydrogen-bond donors (Lipinski definition) is 1. The van der Waals surface area contributed by atoms with Gasteiger partial charge in [0.05, 0.1) is 18.2 Å². The van der Waals surface area contributed by atoms with E-state index in [1.165, 1.54) is 0 Å². The van der Waals surface area contributed by atoms with Gasteiger partial charge in [-0.2, -0.15) is 0 Å². The molecule has 0 radical (unpaired) electrons. The molecule has 21 heavy (non-hydrogen) atoms. The molecule has 5 heteroatoms. The molecule has 5 nitrogen and oxygen atoms in total. The van der Waals surface area contributed by atoms with Gasteiger partial charge in [0.15, 0.2) is 6.10 Å². The molecule has 0 saturated carbocycles. The average molecular weight is 288 g/mol. The third-order valence-electron chi connectivity index (χ3n) is 3.43. The van der Waals surface area contributed by atoms with E-state index >= 15 is 0 Å². The fraction of sp³-hybridized carbons (Fsp3) is 0.438. The number of hydrogen-bond acceptors (Lipinski definition) is 4. The smallest absolute Gasteiger partial charge is 0.310 e. The summed E-state index contributed by atoms with van der Waals surface area (Å²) < 4.78 is 5.23. The number of aromatic nitrogens is 1. The molecule has 1 aromatic rings. The molecule has 1 aromatic heterocycles. The molecule has 1 N–H and O–H groups in total. The van der Waals surface area contributed by atoms with Gasteiger partial charge in [-0.05, 0) is 38.3 Å². The zero-order chi connectivity index (χ0) is 15.1. The highest BCUT2D eigenvalue weighted by Gasteiger charge is 2.24. The highest BCUT2D eigenvalue weighted by molar-refractivity contribution is 5.83. The van der Waals surface area contributed by atoms with Crippen LogP contribution in [-0.2, 0) is 20.9 Å². The van der Waals surface area contributed by atoms with Gasteiger partial charge in [-0.1, -0.05) is 18.2 Å². The van der Waals surface area contributed by atoms with Crippen LogP contribution in [0, 0.1) is 5.92 Å². The molecule has 0 spiro atoms. The molecule has 1 aliphatic carbocycles. The van der Waals surface area contributed by atoms with Crippen molar-refractivity contribution in [1.29, 1.82) is 0 Å². The molecule has 0 bridgehead atoms. The molecule has 0 aliphatic heterocycles. The van der Waals surface area contributed by atoms with Crippen LogP contribution in [0.3, 0.4) is 0 Å². The minimum atomic E-state index is -0.785. The second kappa shape index (κ2) is 7.57. The fourth-order valence-electron chi connectivity index (χ4n) is 2.16. The van der Waals surface area contributed by atoms with Gasteiger partial charge >= 0.3 is 5.97 Å². The van der Waals surface area contributed by atoms with Crippen molar-refractivity contribution in [1.82, 2.24) is 10.3 Å². The summed E-state index contributed by atoms with van der Waals surface area (Å²) in [5, 5.41) is 2.71. The summed E-state index contributed by atoms with van der Waals surface area (Å²) in [6, 6.07) is 5.49. The Labute approximate surface area is 124 Å². The van der Waals surface area contributed by atoms with E-state index in [1.54, 1.807) is 13.1 Å². The minimum Gasteiger partial charge on any atom is -0.452 e. The number of carbonyl (C=O) groups is 2. The Hall–Kier alpha value is -2.17.